The standard InChI is InChI=1S/C16H28N2O3/c1-7-18(11(2)3)13(10-17)12-8-15(20-5)16(21-6)9-14(12)19-4/h8-9,11,13H,7,10,17H2,1-6H3. The van der Waals surface area contributed by atoms with E-state index in [1.54, 1.807) is 21.3 Å². The first-order chi connectivity index (χ1) is 10.0. The van der Waals surface area contributed by atoms with E-state index in [-0.39, 0.29) is 6.04 Å². The van der Waals surface area contributed by atoms with Crippen LogP contribution in [0.1, 0.15) is 32.4 Å². The summed E-state index contributed by atoms with van der Waals surface area (Å²) in [5.41, 5.74) is 7.06. The number of rotatable bonds is 8. The normalized spacial score (nSPS) is 12.6. The average molecular weight is 296 g/mol. The first-order valence-electron chi connectivity index (χ1n) is 7.29. The monoisotopic (exact) mass is 296 g/mol. The quantitative estimate of drug-likeness (QED) is 0.798. The Morgan fingerprint density at radius 1 is 1.00 bits per heavy atom. The first kappa shape index (κ1) is 17.6. The zero-order valence-electron chi connectivity index (χ0n) is 14.0. The minimum absolute atomic E-state index is 0.0738. The molecule has 1 unspecified atom stereocenters. The Bertz CT molecular complexity index is 449. The van der Waals surface area contributed by atoms with Crippen molar-refractivity contribution in [2.45, 2.75) is 32.9 Å². The van der Waals surface area contributed by atoms with Gasteiger partial charge in [0.15, 0.2) is 11.5 Å². The Hall–Kier alpha value is -1.46. The van der Waals surface area contributed by atoms with Crippen LogP contribution in [0.15, 0.2) is 12.1 Å². The molecule has 0 radical (unpaired) electrons. The molecule has 5 nitrogen and oxygen atoms in total. The van der Waals surface area contributed by atoms with Crippen LogP contribution >= 0.6 is 0 Å². The molecule has 0 aliphatic carbocycles. The molecule has 0 saturated carbocycles. The molecular formula is C16H28N2O3. The van der Waals surface area contributed by atoms with Crippen LogP contribution in [0.4, 0.5) is 0 Å². The lowest BCUT2D eigenvalue weighted by molar-refractivity contribution is 0.163. The third kappa shape index (κ3) is 3.80. The van der Waals surface area contributed by atoms with Gasteiger partial charge >= 0.3 is 0 Å². The van der Waals surface area contributed by atoms with Crippen LogP contribution in [-0.4, -0.2) is 45.4 Å². The van der Waals surface area contributed by atoms with E-state index in [2.05, 4.69) is 25.7 Å². The number of likely N-dealkylation sites (N-methyl/N-ethyl adjacent to an activating group) is 1. The Morgan fingerprint density at radius 2 is 1.52 bits per heavy atom. The van der Waals surface area contributed by atoms with E-state index < -0.39 is 0 Å². The second-order valence-electron chi connectivity index (χ2n) is 5.12. The lowest BCUT2D eigenvalue weighted by atomic mass is 10.0. The van der Waals surface area contributed by atoms with E-state index in [4.69, 9.17) is 19.9 Å². The molecule has 0 aliphatic heterocycles. The molecule has 1 aromatic rings. The highest BCUT2D eigenvalue weighted by atomic mass is 16.5. The van der Waals surface area contributed by atoms with Crippen molar-refractivity contribution in [2.75, 3.05) is 34.4 Å². The highest BCUT2D eigenvalue weighted by Crippen LogP contribution is 2.39. The molecule has 21 heavy (non-hydrogen) atoms. The van der Waals surface area contributed by atoms with Crippen LogP contribution in [0, 0.1) is 0 Å². The predicted octanol–water partition coefficient (Wildman–Crippen LogP) is 2.44. The fraction of sp³-hybridized carbons (Fsp3) is 0.625. The summed E-state index contributed by atoms with van der Waals surface area (Å²) < 4.78 is 16.3. The number of hydrogen-bond acceptors (Lipinski definition) is 5. The molecule has 1 aromatic carbocycles. The Balaban J connectivity index is 3.36. The lowest BCUT2D eigenvalue weighted by Crippen LogP contribution is -2.38. The highest BCUT2D eigenvalue weighted by Gasteiger charge is 2.25. The number of benzene rings is 1. The maximum atomic E-state index is 6.04. The second kappa shape index (κ2) is 8.10. The summed E-state index contributed by atoms with van der Waals surface area (Å²) in [7, 11) is 4.90. The van der Waals surface area contributed by atoms with Crippen molar-refractivity contribution in [3.8, 4) is 17.2 Å². The largest absolute Gasteiger partial charge is 0.496 e. The van der Waals surface area contributed by atoms with Crippen molar-refractivity contribution in [3.63, 3.8) is 0 Å². The van der Waals surface area contributed by atoms with Crippen molar-refractivity contribution < 1.29 is 14.2 Å². The Morgan fingerprint density at radius 3 is 1.90 bits per heavy atom. The smallest absolute Gasteiger partial charge is 0.164 e. The van der Waals surface area contributed by atoms with Gasteiger partial charge in [-0.25, -0.2) is 0 Å². The van der Waals surface area contributed by atoms with Gasteiger partial charge in [0.1, 0.15) is 5.75 Å². The molecule has 0 bridgehead atoms. The topological polar surface area (TPSA) is 57.0 Å². The molecule has 2 N–H and O–H groups in total. The maximum Gasteiger partial charge on any atom is 0.164 e. The third-order valence-corrected chi connectivity index (χ3v) is 3.75. The molecule has 0 amide bonds. The average Bonchev–Trinajstić information content (AvgIpc) is 2.50. The molecule has 1 atom stereocenters. The number of ether oxygens (including phenoxy) is 3. The highest BCUT2D eigenvalue weighted by molar-refractivity contribution is 5.52. The fourth-order valence-electron chi connectivity index (χ4n) is 2.70. The van der Waals surface area contributed by atoms with Gasteiger partial charge in [-0.05, 0) is 26.5 Å². The number of methoxy groups -OCH3 is 3. The van der Waals surface area contributed by atoms with Gasteiger partial charge < -0.3 is 19.9 Å². The summed E-state index contributed by atoms with van der Waals surface area (Å²) >= 11 is 0. The van der Waals surface area contributed by atoms with Gasteiger partial charge in [-0.15, -0.1) is 0 Å². The zero-order valence-corrected chi connectivity index (χ0v) is 14.0. The van der Waals surface area contributed by atoms with Crippen LogP contribution in [-0.2, 0) is 0 Å². The van der Waals surface area contributed by atoms with Gasteiger partial charge in [0.2, 0.25) is 0 Å². The molecule has 0 aliphatic rings. The molecule has 0 spiro atoms. The van der Waals surface area contributed by atoms with Crippen LogP contribution < -0.4 is 19.9 Å². The minimum Gasteiger partial charge on any atom is -0.496 e. The van der Waals surface area contributed by atoms with E-state index in [0.717, 1.165) is 17.9 Å². The predicted molar refractivity (Wildman–Crippen MR) is 85.4 cm³/mol. The summed E-state index contributed by atoms with van der Waals surface area (Å²) in [6.45, 7) is 7.89. The number of hydrogen-bond donors (Lipinski definition) is 1. The van der Waals surface area contributed by atoms with Crippen molar-refractivity contribution in [1.82, 2.24) is 4.90 Å². The molecular weight excluding hydrogens is 268 g/mol. The molecule has 5 heteroatoms. The third-order valence-electron chi connectivity index (χ3n) is 3.75. The van der Waals surface area contributed by atoms with Gasteiger partial charge in [0, 0.05) is 24.2 Å². The van der Waals surface area contributed by atoms with E-state index >= 15 is 0 Å². The van der Waals surface area contributed by atoms with Crippen molar-refractivity contribution in [2.24, 2.45) is 5.73 Å². The second-order valence-corrected chi connectivity index (χ2v) is 5.12. The van der Waals surface area contributed by atoms with Gasteiger partial charge in [-0.1, -0.05) is 6.92 Å². The zero-order chi connectivity index (χ0) is 16.0. The van der Waals surface area contributed by atoms with Crippen LogP contribution in [0.2, 0.25) is 0 Å². The molecule has 0 fully saturated rings. The van der Waals surface area contributed by atoms with E-state index in [9.17, 15) is 0 Å². The Labute approximate surface area is 128 Å². The van der Waals surface area contributed by atoms with E-state index in [1.807, 2.05) is 12.1 Å². The SMILES string of the molecule is CCN(C(C)C)C(CN)c1cc(OC)c(OC)cc1OC. The van der Waals surface area contributed by atoms with Crippen molar-refractivity contribution in [3.05, 3.63) is 17.7 Å². The molecule has 120 valence electrons. The summed E-state index contributed by atoms with van der Waals surface area (Å²) in [6.07, 6.45) is 0. The Kier molecular flexibility index (Phi) is 6.78. The van der Waals surface area contributed by atoms with E-state index in [1.165, 1.54) is 0 Å². The summed E-state index contributed by atoms with van der Waals surface area (Å²) in [5.74, 6) is 2.11. The van der Waals surface area contributed by atoms with Crippen LogP contribution in [0.25, 0.3) is 0 Å². The van der Waals surface area contributed by atoms with E-state index in [0.29, 0.717) is 24.1 Å². The van der Waals surface area contributed by atoms with Gasteiger partial charge in [0.05, 0.1) is 27.4 Å². The lowest BCUT2D eigenvalue weighted by Gasteiger charge is -2.34. The summed E-state index contributed by atoms with van der Waals surface area (Å²) in [6, 6.07) is 4.27. The molecule has 0 aromatic heterocycles. The van der Waals surface area contributed by atoms with Gasteiger partial charge in [0.25, 0.3) is 0 Å². The molecule has 0 saturated heterocycles. The fourth-order valence-corrected chi connectivity index (χ4v) is 2.70. The molecule has 1 rings (SSSR count). The summed E-state index contributed by atoms with van der Waals surface area (Å²) in [5, 5.41) is 0. The van der Waals surface area contributed by atoms with Gasteiger partial charge in [-0.3, -0.25) is 4.90 Å². The van der Waals surface area contributed by atoms with Crippen LogP contribution in [0.5, 0.6) is 17.2 Å². The number of nitrogens with zero attached hydrogens (tertiary/aromatic N) is 1. The molecule has 0 heterocycles. The van der Waals surface area contributed by atoms with Crippen molar-refractivity contribution in [1.29, 1.82) is 0 Å². The maximum absolute atomic E-state index is 6.04. The first-order valence-corrected chi connectivity index (χ1v) is 7.29. The summed E-state index contributed by atoms with van der Waals surface area (Å²) in [4.78, 5) is 2.34. The number of nitrogens with two attached hydrogens (primary N) is 1. The van der Waals surface area contributed by atoms with Crippen LogP contribution in [0.3, 0.4) is 0 Å². The minimum atomic E-state index is 0.0738. The van der Waals surface area contributed by atoms with Crippen molar-refractivity contribution >= 4 is 0 Å². The van der Waals surface area contributed by atoms with Gasteiger partial charge in [-0.2, -0.15) is 0 Å².